The number of amides is 1. The summed E-state index contributed by atoms with van der Waals surface area (Å²) in [6.07, 6.45) is 1.77. The Kier molecular flexibility index (Phi) is 4.43. The van der Waals surface area contributed by atoms with Gasteiger partial charge in [0.15, 0.2) is 0 Å². The number of aromatic amines is 1. The molecule has 0 saturated carbocycles. The molecule has 1 aromatic carbocycles. The van der Waals surface area contributed by atoms with Crippen molar-refractivity contribution in [3.05, 3.63) is 58.3 Å². The van der Waals surface area contributed by atoms with Crippen molar-refractivity contribution in [2.75, 3.05) is 0 Å². The summed E-state index contributed by atoms with van der Waals surface area (Å²) in [4.78, 5) is 17.3. The maximum atomic E-state index is 12.5. The number of benzene rings is 1. The summed E-state index contributed by atoms with van der Waals surface area (Å²) in [6.45, 7) is 4.67. The Hall–Kier alpha value is -1.55. The van der Waals surface area contributed by atoms with Gasteiger partial charge in [-0.05, 0) is 41.4 Å². The van der Waals surface area contributed by atoms with E-state index < -0.39 is 0 Å². The SMILES string of the molecule is CC(C)N(Cc1ccccc1)C(=O)c1cc(Br)c[nH]1. The number of carbonyl (C=O) groups excluding carboxylic acids is 1. The molecule has 3 nitrogen and oxygen atoms in total. The maximum absolute atomic E-state index is 12.5. The number of hydrogen-bond acceptors (Lipinski definition) is 1. The normalized spacial score (nSPS) is 10.7. The minimum atomic E-state index is 0.0181. The molecule has 2 rings (SSSR count). The Morgan fingerprint density at radius 3 is 2.53 bits per heavy atom. The second-order valence-corrected chi connectivity index (χ2v) is 5.66. The fourth-order valence-electron chi connectivity index (χ4n) is 1.92. The number of rotatable bonds is 4. The number of hydrogen-bond donors (Lipinski definition) is 1. The Balaban J connectivity index is 2.19. The summed E-state index contributed by atoms with van der Waals surface area (Å²) in [6, 6.07) is 12.0. The Morgan fingerprint density at radius 2 is 2.00 bits per heavy atom. The lowest BCUT2D eigenvalue weighted by molar-refractivity contribution is 0.0685. The van der Waals surface area contributed by atoms with Crippen LogP contribution in [0.1, 0.15) is 29.9 Å². The lowest BCUT2D eigenvalue weighted by atomic mass is 10.2. The van der Waals surface area contributed by atoms with Gasteiger partial charge in [-0.25, -0.2) is 0 Å². The first kappa shape index (κ1) is 13.9. The van der Waals surface area contributed by atoms with Crippen LogP contribution in [0.5, 0.6) is 0 Å². The first-order valence-corrected chi connectivity index (χ1v) is 7.06. The topological polar surface area (TPSA) is 36.1 Å². The van der Waals surface area contributed by atoms with Gasteiger partial charge in [0.1, 0.15) is 5.69 Å². The average molecular weight is 321 g/mol. The van der Waals surface area contributed by atoms with Gasteiger partial charge in [-0.2, -0.15) is 0 Å². The van der Waals surface area contributed by atoms with Gasteiger partial charge in [0.2, 0.25) is 0 Å². The van der Waals surface area contributed by atoms with Gasteiger partial charge in [-0.1, -0.05) is 30.3 Å². The molecule has 4 heteroatoms. The summed E-state index contributed by atoms with van der Waals surface area (Å²) < 4.78 is 0.888. The van der Waals surface area contributed by atoms with Gasteiger partial charge in [0.05, 0.1) is 0 Å². The zero-order valence-corrected chi connectivity index (χ0v) is 12.6. The molecule has 1 amide bonds. The predicted octanol–water partition coefficient (Wildman–Crippen LogP) is 3.83. The fraction of sp³-hybridized carbons (Fsp3) is 0.267. The van der Waals surface area contributed by atoms with Crippen molar-refractivity contribution in [3.8, 4) is 0 Å². The van der Waals surface area contributed by atoms with Crippen LogP contribution >= 0.6 is 15.9 Å². The van der Waals surface area contributed by atoms with Crippen LogP contribution in [-0.2, 0) is 6.54 Å². The third-order valence-electron chi connectivity index (χ3n) is 2.96. The van der Waals surface area contributed by atoms with Crippen LogP contribution < -0.4 is 0 Å². The molecule has 0 fully saturated rings. The monoisotopic (exact) mass is 320 g/mol. The maximum Gasteiger partial charge on any atom is 0.270 e. The Bertz CT molecular complexity index is 548. The second-order valence-electron chi connectivity index (χ2n) is 4.74. The summed E-state index contributed by atoms with van der Waals surface area (Å²) in [5.74, 6) is 0.0181. The van der Waals surface area contributed by atoms with Gasteiger partial charge >= 0.3 is 0 Å². The molecule has 0 aliphatic carbocycles. The van der Waals surface area contributed by atoms with Crippen molar-refractivity contribution < 1.29 is 4.79 Å². The van der Waals surface area contributed by atoms with E-state index >= 15 is 0 Å². The Labute approximate surface area is 121 Å². The second kappa shape index (κ2) is 6.06. The van der Waals surface area contributed by atoms with Crippen LogP contribution in [0.25, 0.3) is 0 Å². The van der Waals surface area contributed by atoms with Crippen LogP contribution in [0.4, 0.5) is 0 Å². The third kappa shape index (κ3) is 3.47. The van der Waals surface area contributed by atoms with Crippen LogP contribution in [0, 0.1) is 0 Å². The molecule has 0 aliphatic rings. The highest BCUT2D eigenvalue weighted by molar-refractivity contribution is 9.10. The Morgan fingerprint density at radius 1 is 1.32 bits per heavy atom. The number of H-pyrrole nitrogens is 1. The van der Waals surface area contributed by atoms with E-state index in [1.54, 1.807) is 6.20 Å². The van der Waals surface area contributed by atoms with E-state index in [-0.39, 0.29) is 11.9 Å². The van der Waals surface area contributed by atoms with Gasteiger partial charge in [0.25, 0.3) is 5.91 Å². The highest BCUT2D eigenvalue weighted by atomic mass is 79.9. The van der Waals surface area contributed by atoms with Gasteiger partial charge in [0, 0.05) is 23.3 Å². The van der Waals surface area contributed by atoms with Crippen molar-refractivity contribution in [1.29, 1.82) is 0 Å². The zero-order chi connectivity index (χ0) is 13.8. The van der Waals surface area contributed by atoms with Gasteiger partial charge in [-0.15, -0.1) is 0 Å². The summed E-state index contributed by atoms with van der Waals surface area (Å²) >= 11 is 3.35. The van der Waals surface area contributed by atoms with Gasteiger partial charge < -0.3 is 9.88 Å². The predicted molar refractivity (Wildman–Crippen MR) is 79.9 cm³/mol. The van der Waals surface area contributed by atoms with E-state index in [0.717, 1.165) is 10.0 Å². The van der Waals surface area contributed by atoms with Crippen LogP contribution in [0.15, 0.2) is 47.1 Å². The third-order valence-corrected chi connectivity index (χ3v) is 3.42. The quantitative estimate of drug-likeness (QED) is 0.913. The summed E-state index contributed by atoms with van der Waals surface area (Å²) in [7, 11) is 0. The molecule has 1 N–H and O–H groups in total. The van der Waals surface area contributed by atoms with Gasteiger partial charge in [-0.3, -0.25) is 4.79 Å². The van der Waals surface area contributed by atoms with E-state index in [2.05, 4.69) is 20.9 Å². The van der Waals surface area contributed by atoms with E-state index in [1.165, 1.54) is 0 Å². The van der Waals surface area contributed by atoms with Crippen molar-refractivity contribution in [2.24, 2.45) is 0 Å². The largest absolute Gasteiger partial charge is 0.356 e. The summed E-state index contributed by atoms with van der Waals surface area (Å²) in [5, 5.41) is 0. The number of halogens is 1. The molecule has 0 bridgehead atoms. The minimum Gasteiger partial charge on any atom is -0.356 e. The molecule has 19 heavy (non-hydrogen) atoms. The zero-order valence-electron chi connectivity index (χ0n) is 11.1. The minimum absolute atomic E-state index is 0.0181. The molecule has 0 aliphatic heterocycles. The van der Waals surface area contributed by atoms with Crippen molar-refractivity contribution in [1.82, 2.24) is 9.88 Å². The lowest BCUT2D eigenvalue weighted by Gasteiger charge is -2.26. The van der Waals surface area contributed by atoms with E-state index in [4.69, 9.17) is 0 Å². The molecular weight excluding hydrogens is 304 g/mol. The smallest absolute Gasteiger partial charge is 0.270 e. The van der Waals surface area contributed by atoms with Crippen LogP contribution in [0.2, 0.25) is 0 Å². The average Bonchev–Trinajstić information content (AvgIpc) is 2.83. The molecule has 0 unspecified atom stereocenters. The number of carbonyl (C=O) groups is 1. The first-order chi connectivity index (χ1) is 9.08. The van der Waals surface area contributed by atoms with Crippen molar-refractivity contribution in [2.45, 2.75) is 26.4 Å². The van der Waals surface area contributed by atoms with Crippen LogP contribution in [0.3, 0.4) is 0 Å². The molecule has 2 aromatic rings. The van der Waals surface area contributed by atoms with E-state index in [0.29, 0.717) is 12.2 Å². The molecule has 100 valence electrons. The first-order valence-electron chi connectivity index (χ1n) is 6.26. The molecule has 0 atom stereocenters. The number of aromatic nitrogens is 1. The number of nitrogens with one attached hydrogen (secondary N) is 1. The molecule has 0 spiro atoms. The van der Waals surface area contributed by atoms with E-state index in [9.17, 15) is 4.79 Å². The molecule has 1 aromatic heterocycles. The van der Waals surface area contributed by atoms with E-state index in [1.807, 2.05) is 55.1 Å². The van der Waals surface area contributed by atoms with Crippen molar-refractivity contribution >= 4 is 21.8 Å². The molecule has 0 radical (unpaired) electrons. The lowest BCUT2D eigenvalue weighted by Crippen LogP contribution is -2.36. The molecule has 0 saturated heterocycles. The standard InChI is InChI=1S/C15H17BrN2O/c1-11(2)18(10-12-6-4-3-5-7-12)15(19)14-8-13(16)9-17-14/h3-9,11,17H,10H2,1-2H3. The molecular formula is C15H17BrN2O. The highest BCUT2D eigenvalue weighted by Gasteiger charge is 2.20. The molecule has 1 heterocycles. The highest BCUT2D eigenvalue weighted by Crippen LogP contribution is 2.16. The van der Waals surface area contributed by atoms with Crippen molar-refractivity contribution in [3.63, 3.8) is 0 Å². The van der Waals surface area contributed by atoms with Crippen LogP contribution in [-0.4, -0.2) is 21.8 Å². The fourth-order valence-corrected chi connectivity index (χ4v) is 2.26. The summed E-state index contributed by atoms with van der Waals surface area (Å²) in [5.41, 5.74) is 1.74. The number of nitrogens with zero attached hydrogens (tertiary/aromatic N) is 1.